The zero-order valence-electron chi connectivity index (χ0n) is 7.05. The predicted octanol–water partition coefficient (Wildman–Crippen LogP) is 1.59. The van der Waals surface area contributed by atoms with E-state index in [0.717, 1.165) is 5.13 Å². The first-order chi connectivity index (χ1) is 5.86. The molecule has 1 aromatic rings. The third-order valence-electron chi connectivity index (χ3n) is 2.45. The molecule has 12 heavy (non-hydrogen) atoms. The number of rotatable bonds is 1. The van der Waals surface area contributed by atoms with Crippen LogP contribution in [0.1, 0.15) is 43.0 Å². The lowest BCUT2D eigenvalue weighted by Crippen LogP contribution is -2.10. The van der Waals surface area contributed by atoms with Gasteiger partial charge in [0.05, 0.1) is 0 Å². The number of H-pyrrole nitrogens is 1. The fourth-order valence-electron chi connectivity index (χ4n) is 1.79. The number of nitrogens with two attached hydrogens (primary N) is 1. The van der Waals surface area contributed by atoms with Crippen LogP contribution in [0.3, 0.4) is 0 Å². The van der Waals surface area contributed by atoms with Crippen LogP contribution in [0.2, 0.25) is 0 Å². The third-order valence-corrected chi connectivity index (χ3v) is 3.39. The van der Waals surface area contributed by atoms with E-state index in [2.05, 4.69) is 10.2 Å². The second-order valence-electron chi connectivity index (χ2n) is 3.36. The second kappa shape index (κ2) is 3.39. The van der Waals surface area contributed by atoms with E-state index in [1.165, 1.54) is 37.1 Å². The number of aromatic nitrogens is 2. The van der Waals surface area contributed by atoms with Crippen molar-refractivity contribution in [2.75, 3.05) is 5.73 Å². The van der Waals surface area contributed by atoms with Crippen LogP contribution in [-0.2, 0) is 0 Å². The Balaban J connectivity index is 2.08. The highest BCUT2D eigenvalue weighted by molar-refractivity contribution is 7.14. The lowest BCUT2D eigenvalue weighted by atomic mass is 9.90. The molecule has 2 rings (SSSR count). The molecular formula is C8H14N3S+. The van der Waals surface area contributed by atoms with Crippen molar-refractivity contribution in [3.8, 4) is 0 Å². The molecular weight excluding hydrogens is 170 g/mol. The number of hydrogen-bond acceptors (Lipinski definition) is 3. The zero-order valence-corrected chi connectivity index (χ0v) is 7.86. The normalized spacial score (nSPS) is 19.7. The molecule has 1 fully saturated rings. The Labute approximate surface area is 76.0 Å². The first-order valence-electron chi connectivity index (χ1n) is 4.50. The molecule has 0 spiro atoms. The average molecular weight is 184 g/mol. The van der Waals surface area contributed by atoms with E-state index >= 15 is 0 Å². The van der Waals surface area contributed by atoms with Crippen molar-refractivity contribution in [3.63, 3.8) is 0 Å². The van der Waals surface area contributed by atoms with Gasteiger partial charge in [0.1, 0.15) is 5.01 Å². The summed E-state index contributed by atoms with van der Waals surface area (Å²) in [5, 5.41) is 8.95. The topological polar surface area (TPSA) is 53.0 Å². The van der Waals surface area contributed by atoms with E-state index < -0.39 is 0 Å². The summed E-state index contributed by atoms with van der Waals surface area (Å²) < 4.78 is 0. The van der Waals surface area contributed by atoms with Crippen LogP contribution < -0.4 is 10.8 Å². The molecule has 1 aromatic heterocycles. The van der Waals surface area contributed by atoms with Gasteiger partial charge in [0.2, 0.25) is 0 Å². The Hall–Kier alpha value is -0.640. The quantitative estimate of drug-likeness (QED) is 0.720. The molecule has 0 aromatic carbocycles. The van der Waals surface area contributed by atoms with E-state index in [0.29, 0.717) is 5.92 Å². The van der Waals surface area contributed by atoms with Gasteiger partial charge in [-0.2, -0.15) is 0 Å². The largest absolute Gasteiger partial charge is 0.351 e. The van der Waals surface area contributed by atoms with Gasteiger partial charge in [-0.05, 0) is 24.2 Å². The molecule has 4 heteroatoms. The summed E-state index contributed by atoms with van der Waals surface area (Å²) in [4.78, 5) is 0. The summed E-state index contributed by atoms with van der Waals surface area (Å²) in [6, 6.07) is 0. The highest BCUT2D eigenvalue weighted by atomic mass is 32.1. The smallest absolute Gasteiger partial charge is 0.276 e. The minimum Gasteiger partial charge on any atom is -0.276 e. The summed E-state index contributed by atoms with van der Waals surface area (Å²) in [5.41, 5.74) is 5.59. The summed E-state index contributed by atoms with van der Waals surface area (Å²) >= 11 is 1.61. The van der Waals surface area contributed by atoms with Gasteiger partial charge in [-0.3, -0.25) is 5.73 Å². The van der Waals surface area contributed by atoms with Crippen LogP contribution in [0, 0.1) is 0 Å². The van der Waals surface area contributed by atoms with Crippen molar-refractivity contribution in [1.82, 2.24) is 5.10 Å². The lowest BCUT2D eigenvalue weighted by molar-refractivity contribution is -0.433. The van der Waals surface area contributed by atoms with Gasteiger partial charge in [0, 0.05) is 5.92 Å². The molecule has 0 aliphatic heterocycles. The summed E-state index contributed by atoms with van der Waals surface area (Å²) in [5.74, 6) is 0.678. The van der Waals surface area contributed by atoms with Crippen molar-refractivity contribution >= 4 is 16.5 Å². The lowest BCUT2D eigenvalue weighted by Gasteiger charge is -2.17. The van der Waals surface area contributed by atoms with Gasteiger partial charge in [0.25, 0.3) is 0 Å². The fourth-order valence-corrected chi connectivity index (χ4v) is 2.60. The number of nitrogen functional groups attached to an aromatic ring is 1. The standard InChI is InChI=1S/C8H13N3S/c9-8-11-10-7(12-8)6-4-2-1-3-5-6/h6H,1-5H2,(H2,9,11)/p+1. The van der Waals surface area contributed by atoms with Crippen molar-refractivity contribution < 1.29 is 5.10 Å². The summed E-state index contributed by atoms with van der Waals surface area (Å²) in [7, 11) is 0. The van der Waals surface area contributed by atoms with E-state index in [1.54, 1.807) is 11.3 Å². The Morgan fingerprint density at radius 1 is 1.33 bits per heavy atom. The number of hydrogen-bond donors (Lipinski definition) is 1. The Morgan fingerprint density at radius 3 is 2.67 bits per heavy atom. The molecule has 0 radical (unpaired) electrons. The van der Waals surface area contributed by atoms with Crippen LogP contribution in [0.15, 0.2) is 0 Å². The van der Waals surface area contributed by atoms with Crippen molar-refractivity contribution in [2.45, 2.75) is 38.0 Å². The molecule has 1 saturated carbocycles. The molecule has 1 heterocycles. The summed E-state index contributed by atoms with van der Waals surface area (Å²) in [6.07, 6.45) is 6.68. The molecule has 0 bridgehead atoms. The van der Waals surface area contributed by atoms with Gasteiger partial charge in [-0.15, -0.1) is 5.10 Å². The second-order valence-corrected chi connectivity index (χ2v) is 4.43. The molecule has 0 atom stereocenters. The Kier molecular flexibility index (Phi) is 2.26. The first kappa shape index (κ1) is 7.98. The zero-order chi connectivity index (χ0) is 8.39. The molecule has 0 unspecified atom stereocenters. The van der Waals surface area contributed by atoms with E-state index in [9.17, 15) is 0 Å². The molecule has 1 aliphatic carbocycles. The number of nitrogens with zero attached hydrogens (tertiary/aromatic N) is 1. The van der Waals surface area contributed by atoms with Crippen LogP contribution >= 0.6 is 11.3 Å². The van der Waals surface area contributed by atoms with Crippen LogP contribution in [0.4, 0.5) is 5.13 Å². The van der Waals surface area contributed by atoms with Crippen molar-refractivity contribution in [1.29, 1.82) is 0 Å². The maximum absolute atomic E-state index is 5.59. The number of anilines is 1. The van der Waals surface area contributed by atoms with Gasteiger partial charge in [0.15, 0.2) is 0 Å². The number of nitrogens with one attached hydrogen (secondary N) is 1. The Morgan fingerprint density at radius 2 is 2.08 bits per heavy atom. The molecule has 66 valence electrons. The highest BCUT2D eigenvalue weighted by Gasteiger charge is 2.20. The fraction of sp³-hybridized carbons (Fsp3) is 0.750. The van der Waals surface area contributed by atoms with Crippen LogP contribution in [0.25, 0.3) is 0 Å². The average Bonchev–Trinajstić information content (AvgIpc) is 2.54. The van der Waals surface area contributed by atoms with E-state index in [4.69, 9.17) is 5.73 Å². The van der Waals surface area contributed by atoms with Gasteiger partial charge in [-0.1, -0.05) is 24.4 Å². The predicted molar refractivity (Wildman–Crippen MR) is 48.9 cm³/mol. The molecule has 3 N–H and O–H groups in total. The van der Waals surface area contributed by atoms with Gasteiger partial charge >= 0.3 is 5.13 Å². The maximum Gasteiger partial charge on any atom is 0.351 e. The number of aromatic amines is 1. The molecule has 0 amide bonds. The van der Waals surface area contributed by atoms with E-state index in [1.807, 2.05) is 0 Å². The molecule has 0 saturated heterocycles. The SMILES string of the molecule is Nc1[nH+]nc(C2CCCCC2)s1. The highest BCUT2D eigenvalue weighted by Crippen LogP contribution is 2.33. The van der Waals surface area contributed by atoms with Crippen LogP contribution in [-0.4, -0.2) is 5.10 Å². The Bertz CT molecular complexity index is 253. The molecule has 1 aliphatic rings. The minimum atomic E-state index is 0.678. The summed E-state index contributed by atoms with van der Waals surface area (Å²) in [6.45, 7) is 0. The monoisotopic (exact) mass is 184 g/mol. The maximum atomic E-state index is 5.59. The van der Waals surface area contributed by atoms with Crippen molar-refractivity contribution in [3.05, 3.63) is 5.01 Å². The first-order valence-corrected chi connectivity index (χ1v) is 5.32. The van der Waals surface area contributed by atoms with Crippen LogP contribution in [0.5, 0.6) is 0 Å². The molecule has 3 nitrogen and oxygen atoms in total. The van der Waals surface area contributed by atoms with E-state index in [-0.39, 0.29) is 0 Å². The van der Waals surface area contributed by atoms with Gasteiger partial charge in [-0.25, -0.2) is 0 Å². The minimum absolute atomic E-state index is 0.678. The van der Waals surface area contributed by atoms with Gasteiger partial charge < -0.3 is 0 Å². The van der Waals surface area contributed by atoms with Crippen molar-refractivity contribution in [2.24, 2.45) is 0 Å². The third kappa shape index (κ3) is 1.58.